The zero-order chi connectivity index (χ0) is 15.7. The number of hydrogen-bond donors (Lipinski definition) is 2. The molecule has 1 amide bonds. The van der Waals surface area contributed by atoms with Gasteiger partial charge >= 0.3 is 0 Å². The van der Waals surface area contributed by atoms with Gasteiger partial charge in [-0.25, -0.2) is 0 Å². The monoisotopic (exact) mass is 294 g/mol. The first-order valence-electron chi connectivity index (χ1n) is 7.30. The fraction of sp³-hybridized carbons (Fsp3) is 0.167. The number of nitrogens with zero attached hydrogens (tertiary/aromatic N) is 1. The van der Waals surface area contributed by atoms with Crippen molar-refractivity contribution in [1.82, 2.24) is 4.57 Å². The van der Waals surface area contributed by atoms with Crippen LogP contribution in [0.3, 0.4) is 0 Å². The van der Waals surface area contributed by atoms with Crippen molar-refractivity contribution in [3.8, 4) is 5.75 Å². The minimum atomic E-state index is -0.138. The van der Waals surface area contributed by atoms with Crippen LogP contribution in [0.2, 0.25) is 0 Å². The highest BCUT2D eigenvalue weighted by Gasteiger charge is 2.19. The number of amides is 1. The Bertz CT molecular complexity index is 832. The SMILES string of the molecule is CCn1c(C(=O)Nc2ccc(O)cc2)c(C)c2ccccc21. The van der Waals surface area contributed by atoms with Gasteiger partial charge in [-0.3, -0.25) is 4.79 Å². The normalized spacial score (nSPS) is 10.8. The number of aryl methyl sites for hydroxylation is 2. The molecule has 0 aliphatic carbocycles. The number of fused-ring (bicyclic) bond motifs is 1. The second kappa shape index (κ2) is 5.56. The maximum Gasteiger partial charge on any atom is 0.272 e. The van der Waals surface area contributed by atoms with E-state index >= 15 is 0 Å². The first kappa shape index (κ1) is 14.2. The molecule has 4 heteroatoms. The van der Waals surface area contributed by atoms with Gasteiger partial charge in [0.05, 0.1) is 0 Å². The van der Waals surface area contributed by atoms with Crippen molar-refractivity contribution < 1.29 is 9.90 Å². The third kappa shape index (κ3) is 2.33. The van der Waals surface area contributed by atoms with Crippen molar-refractivity contribution in [1.29, 1.82) is 0 Å². The molecule has 3 rings (SSSR count). The maximum atomic E-state index is 12.7. The molecular formula is C18H18N2O2. The lowest BCUT2D eigenvalue weighted by Gasteiger charge is -2.10. The molecule has 112 valence electrons. The van der Waals surface area contributed by atoms with Crippen molar-refractivity contribution in [3.05, 3.63) is 59.8 Å². The topological polar surface area (TPSA) is 54.3 Å². The highest BCUT2D eigenvalue weighted by atomic mass is 16.3. The van der Waals surface area contributed by atoms with Crippen molar-refractivity contribution >= 4 is 22.5 Å². The molecular weight excluding hydrogens is 276 g/mol. The molecule has 0 fully saturated rings. The number of phenolic OH excluding ortho intramolecular Hbond substituents is 1. The van der Waals surface area contributed by atoms with E-state index in [1.54, 1.807) is 24.3 Å². The molecule has 0 aliphatic heterocycles. The van der Waals surface area contributed by atoms with E-state index in [0.717, 1.165) is 23.0 Å². The van der Waals surface area contributed by atoms with Gasteiger partial charge < -0.3 is 15.0 Å². The van der Waals surface area contributed by atoms with E-state index in [4.69, 9.17) is 0 Å². The van der Waals surface area contributed by atoms with Gasteiger partial charge in [0.25, 0.3) is 5.91 Å². The Morgan fingerprint density at radius 3 is 2.50 bits per heavy atom. The predicted octanol–water partition coefficient (Wildman–Crippen LogP) is 3.93. The van der Waals surface area contributed by atoms with Gasteiger partial charge in [0.1, 0.15) is 11.4 Å². The molecule has 1 aromatic heterocycles. The maximum absolute atomic E-state index is 12.7. The number of nitrogens with one attached hydrogen (secondary N) is 1. The largest absolute Gasteiger partial charge is 0.508 e. The summed E-state index contributed by atoms with van der Waals surface area (Å²) in [5.74, 6) is 0.0399. The van der Waals surface area contributed by atoms with Crippen LogP contribution in [-0.4, -0.2) is 15.6 Å². The molecule has 2 aromatic carbocycles. The first-order chi connectivity index (χ1) is 10.6. The minimum absolute atomic E-state index is 0.138. The molecule has 2 N–H and O–H groups in total. The van der Waals surface area contributed by atoms with Gasteiger partial charge in [0.2, 0.25) is 0 Å². The van der Waals surface area contributed by atoms with Crippen molar-refractivity contribution in [2.45, 2.75) is 20.4 Å². The minimum Gasteiger partial charge on any atom is -0.508 e. The van der Waals surface area contributed by atoms with Crippen molar-refractivity contribution in [2.24, 2.45) is 0 Å². The van der Waals surface area contributed by atoms with E-state index in [0.29, 0.717) is 11.4 Å². The second-order valence-corrected chi connectivity index (χ2v) is 5.24. The highest BCUT2D eigenvalue weighted by Crippen LogP contribution is 2.26. The number of carbonyl (C=O) groups is 1. The van der Waals surface area contributed by atoms with Gasteiger partial charge in [0.15, 0.2) is 0 Å². The third-order valence-electron chi connectivity index (χ3n) is 3.88. The summed E-state index contributed by atoms with van der Waals surface area (Å²) in [6.45, 7) is 4.73. The average molecular weight is 294 g/mol. The fourth-order valence-corrected chi connectivity index (χ4v) is 2.83. The molecule has 0 unspecified atom stereocenters. The lowest BCUT2D eigenvalue weighted by Crippen LogP contribution is -2.17. The summed E-state index contributed by atoms with van der Waals surface area (Å²) in [5, 5.41) is 13.3. The van der Waals surface area contributed by atoms with E-state index in [9.17, 15) is 9.90 Å². The fourth-order valence-electron chi connectivity index (χ4n) is 2.83. The van der Waals surface area contributed by atoms with Crippen LogP contribution in [0.5, 0.6) is 5.75 Å². The van der Waals surface area contributed by atoms with Crippen molar-refractivity contribution in [3.63, 3.8) is 0 Å². The Labute approximate surface area is 129 Å². The Hall–Kier alpha value is -2.75. The molecule has 0 spiro atoms. The number of anilines is 1. The summed E-state index contributed by atoms with van der Waals surface area (Å²) in [5.41, 5.74) is 3.39. The molecule has 0 atom stereocenters. The number of benzene rings is 2. The van der Waals surface area contributed by atoms with E-state index < -0.39 is 0 Å². The van der Waals surface area contributed by atoms with Crippen LogP contribution in [-0.2, 0) is 6.54 Å². The van der Waals surface area contributed by atoms with Crippen LogP contribution in [0.25, 0.3) is 10.9 Å². The lowest BCUT2D eigenvalue weighted by molar-refractivity contribution is 0.101. The Kier molecular flexibility index (Phi) is 3.59. The molecule has 0 saturated heterocycles. The molecule has 0 radical (unpaired) electrons. The van der Waals surface area contributed by atoms with Crippen molar-refractivity contribution in [2.75, 3.05) is 5.32 Å². The van der Waals surface area contributed by atoms with E-state index in [-0.39, 0.29) is 11.7 Å². The second-order valence-electron chi connectivity index (χ2n) is 5.24. The first-order valence-corrected chi connectivity index (χ1v) is 7.30. The van der Waals surface area contributed by atoms with Crippen LogP contribution in [0.4, 0.5) is 5.69 Å². The third-order valence-corrected chi connectivity index (χ3v) is 3.88. The van der Waals surface area contributed by atoms with E-state index in [1.807, 2.05) is 42.7 Å². The summed E-state index contributed by atoms with van der Waals surface area (Å²) >= 11 is 0. The molecule has 0 saturated carbocycles. The summed E-state index contributed by atoms with van der Waals surface area (Å²) in [6.07, 6.45) is 0. The number of aromatic nitrogens is 1. The Morgan fingerprint density at radius 2 is 1.82 bits per heavy atom. The number of rotatable bonds is 3. The number of carbonyl (C=O) groups excluding carboxylic acids is 1. The number of phenols is 1. The van der Waals surface area contributed by atoms with Gasteiger partial charge in [0, 0.05) is 23.1 Å². The van der Waals surface area contributed by atoms with Crippen LogP contribution in [0.15, 0.2) is 48.5 Å². The van der Waals surface area contributed by atoms with Crippen LogP contribution >= 0.6 is 0 Å². The zero-order valence-corrected chi connectivity index (χ0v) is 12.6. The van der Waals surface area contributed by atoms with Gasteiger partial charge in [-0.15, -0.1) is 0 Å². The quantitative estimate of drug-likeness (QED) is 0.719. The highest BCUT2D eigenvalue weighted by molar-refractivity contribution is 6.08. The molecule has 1 heterocycles. The molecule has 0 bridgehead atoms. The van der Waals surface area contributed by atoms with Gasteiger partial charge in [-0.05, 0) is 49.7 Å². The molecule has 3 aromatic rings. The Balaban J connectivity index is 2.03. The molecule has 22 heavy (non-hydrogen) atoms. The standard InChI is InChI=1S/C18H18N2O2/c1-3-20-16-7-5-4-6-15(16)12(2)17(20)18(22)19-13-8-10-14(21)11-9-13/h4-11,21H,3H2,1-2H3,(H,19,22). The zero-order valence-electron chi connectivity index (χ0n) is 12.6. The van der Waals surface area contributed by atoms with Crippen LogP contribution in [0, 0.1) is 6.92 Å². The molecule has 4 nitrogen and oxygen atoms in total. The Morgan fingerprint density at radius 1 is 1.14 bits per heavy atom. The molecule has 0 aliphatic rings. The lowest BCUT2D eigenvalue weighted by atomic mass is 10.1. The number of aromatic hydroxyl groups is 1. The smallest absolute Gasteiger partial charge is 0.272 e. The van der Waals surface area contributed by atoms with Crippen LogP contribution < -0.4 is 5.32 Å². The average Bonchev–Trinajstić information content (AvgIpc) is 2.82. The summed E-state index contributed by atoms with van der Waals surface area (Å²) in [6, 6.07) is 14.5. The van der Waals surface area contributed by atoms with Gasteiger partial charge in [-0.2, -0.15) is 0 Å². The van der Waals surface area contributed by atoms with Crippen LogP contribution in [0.1, 0.15) is 23.0 Å². The van der Waals surface area contributed by atoms with Gasteiger partial charge in [-0.1, -0.05) is 18.2 Å². The summed E-state index contributed by atoms with van der Waals surface area (Å²) in [7, 11) is 0. The summed E-state index contributed by atoms with van der Waals surface area (Å²) < 4.78 is 2.03. The van der Waals surface area contributed by atoms with E-state index in [1.165, 1.54) is 0 Å². The van der Waals surface area contributed by atoms with E-state index in [2.05, 4.69) is 5.32 Å². The predicted molar refractivity (Wildman–Crippen MR) is 88.4 cm³/mol. The number of hydrogen-bond acceptors (Lipinski definition) is 2. The number of para-hydroxylation sites is 1. The summed E-state index contributed by atoms with van der Waals surface area (Å²) in [4.78, 5) is 12.7.